The van der Waals surface area contributed by atoms with Crippen molar-refractivity contribution in [1.82, 2.24) is 4.98 Å². The van der Waals surface area contributed by atoms with E-state index in [-0.39, 0.29) is 0 Å². The van der Waals surface area contributed by atoms with Crippen molar-refractivity contribution in [2.45, 2.75) is 19.4 Å². The highest BCUT2D eigenvalue weighted by atomic mass is 32.1. The lowest BCUT2D eigenvalue weighted by atomic mass is 10.0. The first-order chi connectivity index (χ1) is 8.86. The molecule has 0 aliphatic carbocycles. The van der Waals surface area contributed by atoms with E-state index in [0.717, 1.165) is 18.2 Å². The van der Waals surface area contributed by atoms with E-state index < -0.39 is 0 Å². The van der Waals surface area contributed by atoms with E-state index in [0.29, 0.717) is 0 Å². The Hall–Kier alpha value is -1.59. The number of aromatic nitrogens is 1. The van der Waals surface area contributed by atoms with E-state index in [1.54, 1.807) is 11.3 Å². The standard InChI is InChI=1S/C13H16N4S/c14-16-13-15-8-11(18-13)9-17-7-3-5-10-4-1-2-6-12(10)17/h1-2,4,6,8H,3,5,7,9,14H2,(H,15,16). The third kappa shape index (κ3) is 2.19. The van der Waals surface area contributed by atoms with Crippen LogP contribution in [0.25, 0.3) is 0 Å². The van der Waals surface area contributed by atoms with Crippen LogP contribution in [0, 0.1) is 0 Å². The first-order valence-electron chi connectivity index (χ1n) is 6.11. The van der Waals surface area contributed by atoms with E-state index >= 15 is 0 Å². The van der Waals surface area contributed by atoms with E-state index in [2.05, 4.69) is 39.6 Å². The predicted octanol–water partition coefficient (Wildman–Crippen LogP) is 2.38. The zero-order chi connectivity index (χ0) is 12.4. The highest BCUT2D eigenvalue weighted by molar-refractivity contribution is 7.15. The third-order valence-corrected chi connectivity index (χ3v) is 4.14. The molecule has 0 unspecified atom stereocenters. The number of aryl methyl sites for hydroxylation is 1. The highest BCUT2D eigenvalue weighted by Gasteiger charge is 2.17. The van der Waals surface area contributed by atoms with Crippen LogP contribution in [-0.2, 0) is 13.0 Å². The molecule has 2 aromatic rings. The summed E-state index contributed by atoms with van der Waals surface area (Å²) in [5.41, 5.74) is 5.40. The molecule has 4 nitrogen and oxygen atoms in total. The largest absolute Gasteiger partial charge is 0.366 e. The number of nitrogens with zero attached hydrogens (tertiary/aromatic N) is 2. The van der Waals surface area contributed by atoms with Gasteiger partial charge >= 0.3 is 0 Å². The maximum atomic E-state index is 5.36. The number of nitrogens with one attached hydrogen (secondary N) is 1. The summed E-state index contributed by atoms with van der Waals surface area (Å²) in [6, 6.07) is 8.65. The van der Waals surface area contributed by atoms with Crippen molar-refractivity contribution in [2.24, 2.45) is 5.84 Å². The topological polar surface area (TPSA) is 54.2 Å². The third-order valence-electron chi connectivity index (χ3n) is 3.23. The number of fused-ring (bicyclic) bond motifs is 1. The lowest BCUT2D eigenvalue weighted by Crippen LogP contribution is -2.28. The van der Waals surface area contributed by atoms with Gasteiger partial charge in [0.25, 0.3) is 0 Å². The van der Waals surface area contributed by atoms with Crippen LogP contribution in [0.2, 0.25) is 0 Å². The quantitative estimate of drug-likeness (QED) is 0.657. The van der Waals surface area contributed by atoms with Gasteiger partial charge in [-0.3, -0.25) is 5.43 Å². The number of anilines is 2. The zero-order valence-corrected chi connectivity index (χ0v) is 10.9. The predicted molar refractivity (Wildman–Crippen MR) is 75.7 cm³/mol. The maximum Gasteiger partial charge on any atom is 0.197 e. The van der Waals surface area contributed by atoms with Crippen LogP contribution in [0.4, 0.5) is 10.8 Å². The molecule has 0 saturated heterocycles. The molecule has 5 heteroatoms. The van der Waals surface area contributed by atoms with Gasteiger partial charge in [0, 0.05) is 23.3 Å². The molecule has 1 aromatic heterocycles. The molecule has 0 bridgehead atoms. The molecule has 0 radical (unpaired) electrons. The van der Waals surface area contributed by atoms with Crippen LogP contribution >= 0.6 is 11.3 Å². The Morgan fingerprint density at radius 1 is 1.39 bits per heavy atom. The molecule has 18 heavy (non-hydrogen) atoms. The van der Waals surface area contributed by atoms with E-state index in [1.807, 2.05) is 6.20 Å². The number of benzene rings is 1. The molecular formula is C13H16N4S. The Balaban J connectivity index is 1.81. The van der Waals surface area contributed by atoms with Gasteiger partial charge in [0.2, 0.25) is 0 Å². The summed E-state index contributed by atoms with van der Waals surface area (Å²) in [7, 11) is 0. The molecule has 94 valence electrons. The summed E-state index contributed by atoms with van der Waals surface area (Å²) in [5.74, 6) is 5.36. The number of thiazole rings is 1. The molecule has 0 fully saturated rings. The van der Waals surface area contributed by atoms with Gasteiger partial charge in [-0.2, -0.15) is 0 Å². The monoisotopic (exact) mass is 260 g/mol. The molecule has 0 spiro atoms. The van der Waals surface area contributed by atoms with Gasteiger partial charge in [0.15, 0.2) is 5.13 Å². The molecule has 3 rings (SSSR count). The summed E-state index contributed by atoms with van der Waals surface area (Å²) >= 11 is 1.61. The average molecular weight is 260 g/mol. The van der Waals surface area contributed by atoms with Gasteiger partial charge in [-0.05, 0) is 24.5 Å². The fourth-order valence-electron chi connectivity index (χ4n) is 2.41. The number of para-hydroxylation sites is 1. The molecule has 0 amide bonds. The Morgan fingerprint density at radius 3 is 3.11 bits per heavy atom. The van der Waals surface area contributed by atoms with Crippen LogP contribution < -0.4 is 16.2 Å². The first kappa shape index (κ1) is 11.5. The molecule has 3 N–H and O–H groups in total. The fraction of sp³-hybridized carbons (Fsp3) is 0.308. The van der Waals surface area contributed by atoms with Crippen LogP contribution in [0.3, 0.4) is 0 Å². The van der Waals surface area contributed by atoms with Gasteiger partial charge in [0.05, 0.1) is 6.54 Å². The van der Waals surface area contributed by atoms with Gasteiger partial charge in [-0.25, -0.2) is 10.8 Å². The van der Waals surface area contributed by atoms with Crippen molar-refractivity contribution < 1.29 is 0 Å². The second-order valence-electron chi connectivity index (χ2n) is 4.43. The molecule has 1 aromatic carbocycles. The normalized spacial score (nSPS) is 14.4. The van der Waals surface area contributed by atoms with Crippen molar-refractivity contribution in [3.8, 4) is 0 Å². The second kappa shape index (κ2) is 4.96. The number of hydrogen-bond acceptors (Lipinski definition) is 5. The van der Waals surface area contributed by atoms with Crippen molar-refractivity contribution in [3.63, 3.8) is 0 Å². The molecule has 1 aliphatic heterocycles. The summed E-state index contributed by atoms with van der Waals surface area (Å²) in [5, 5.41) is 0.773. The fourth-order valence-corrected chi connectivity index (χ4v) is 3.15. The summed E-state index contributed by atoms with van der Waals surface area (Å²) in [6.07, 6.45) is 4.31. The van der Waals surface area contributed by atoms with Gasteiger partial charge < -0.3 is 4.90 Å². The smallest absolute Gasteiger partial charge is 0.197 e. The van der Waals surface area contributed by atoms with Crippen LogP contribution in [-0.4, -0.2) is 11.5 Å². The van der Waals surface area contributed by atoms with Crippen molar-refractivity contribution >= 4 is 22.2 Å². The summed E-state index contributed by atoms with van der Waals surface area (Å²) in [6.45, 7) is 2.02. The van der Waals surface area contributed by atoms with Crippen LogP contribution in [0.1, 0.15) is 16.9 Å². The van der Waals surface area contributed by atoms with E-state index in [4.69, 9.17) is 5.84 Å². The molecule has 1 aliphatic rings. The Labute approximate surface area is 110 Å². The minimum absolute atomic E-state index is 0.773. The average Bonchev–Trinajstić information content (AvgIpc) is 2.87. The minimum atomic E-state index is 0.773. The van der Waals surface area contributed by atoms with Crippen LogP contribution in [0.5, 0.6) is 0 Å². The molecule has 0 atom stereocenters. The minimum Gasteiger partial charge on any atom is -0.366 e. The van der Waals surface area contributed by atoms with Gasteiger partial charge in [0.1, 0.15) is 0 Å². The van der Waals surface area contributed by atoms with Crippen molar-refractivity contribution in [3.05, 3.63) is 40.9 Å². The Kier molecular flexibility index (Phi) is 3.17. The lowest BCUT2D eigenvalue weighted by molar-refractivity contribution is 0.694. The Morgan fingerprint density at radius 2 is 2.28 bits per heavy atom. The number of hydrogen-bond donors (Lipinski definition) is 2. The Bertz CT molecular complexity index is 537. The zero-order valence-electron chi connectivity index (χ0n) is 10.1. The highest BCUT2D eigenvalue weighted by Crippen LogP contribution is 2.29. The van der Waals surface area contributed by atoms with Crippen molar-refractivity contribution in [1.29, 1.82) is 0 Å². The number of nitrogens with two attached hydrogens (primary N) is 1. The van der Waals surface area contributed by atoms with Gasteiger partial charge in [-0.1, -0.05) is 29.5 Å². The second-order valence-corrected chi connectivity index (χ2v) is 5.55. The number of hydrazine groups is 1. The van der Waals surface area contributed by atoms with Crippen LogP contribution in [0.15, 0.2) is 30.5 Å². The van der Waals surface area contributed by atoms with E-state index in [9.17, 15) is 0 Å². The molecular weight excluding hydrogens is 244 g/mol. The SMILES string of the molecule is NNc1ncc(CN2CCCc3ccccc32)s1. The molecule has 2 heterocycles. The summed E-state index contributed by atoms with van der Waals surface area (Å²) in [4.78, 5) is 7.87. The van der Waals surface area contributed by atoms with Gasteiger partial charge in [-0.15, -0.1) is 0 Å². The summed E-state index contributed by atoms with van der Waals surface area (Å²) < 4.78 is 0. The number of rotatable bonds is 3. The number of nitrogen functional groups attached to an aromatic ring is 1. The lowest BCUT2D eigenvalue weighted by Gasteiger charge is -2.30. The maximum absolute atomic E-state index is 5.36. The molecule has 0 saturated carbocycles. The first-order valence-corrected chi connectivity index (χ1v) is 6.92. The van der Waals surface area contributed by atoms with Crippen molar-refractivity contribution in [2.75, 3.05) is 16.9 Å². The van der Waals surface area contributed by atoms with E-state index in [1.165, 1.54) is 29.0 Å².